The standard InChI is InChI=1S/C12H15ClO4/c13-3-4-14-5-6-15-8-10-1-2-11-12(7-10)17-9-16-11/h1-2,7H,3-6,8-9H2. The van der Waals surface area contributed by atoms with Crippen LogP contribution in [-0.4, -0.2) is 32.5 Å². The third kappa shape index (κ3) is 3.77. The Balaban J connectivity index is 1.69. The largest absolute Gasteiger partial charge is 0.454 e. The van der Waals surface area contributed by atoms with Crippen molar-refractivity contribution in [1.29, 1.82) is 0 Å². The molecule has 0 radical (unpaired) electrons. The molecule has 0 aliphatic carbocycles. The molecule has 0 atom stereocenters. The van der Waals surface area contributed by atoms with Gasteiger partial charge in [0.2, 0.25) is 6.79 Å². The highest BCUT2D eigenvalue weighted by Crippen LogP contribution is 2.32. The van der Waals surface area contributed by atoms with E-state index in [1.165, 1.54) is 0 Å². The Morgan fingerprint density at radius 2 is 1.88 bits per heavy atom. The molecule has 1 aromatic rings. The van der Waals surface area contributed by atoms with Crippen LogP contribution in [0.5, 0.6) is 11.5 Å². The van der Waals surface area contributed by atoms with Gasteiger partial charge in [-0.2, -0.15) is 0 Å². The molecular weight excluding hydrogens is 244 g/mol. The highest BCUT2D eigenvalue weighted by molar-refractivity contribution is 6.17. The fourth-order valence-corrected chi connectivity index (χ4v) is 1.60. The Labute approximate surface area is 105 Å². The van der Waals surface area contributed by atoms with Gasteiger partial charge in [0.05, 0.1) is 26.4 Å². The van der Waals surface area contributed by atoms with Gasteiger partial charge in [0, 0.05) is 5.88 Å². The fourth-order valence-electron chi connectivity index (χ4n) is 1.50. The van der Waals surface area contributed by atoms with Crippen molar-refractivity contribution < 1.29 is 18.9 Å². The zero-order valence-electron chi connectivity index (χ0n) is 9.49. The van der Waals surface area contributed by atoms with Crippen molar-refractivity contribution in [2.24, 2.45) is 0 Å². The zero-order chi connectivity index (χ0) is 11.9. The van der Waals surface area contributed by atoms with E-state index in [4.69, 9.17) is 30.5 Å². The maximum Gasteiger partial charge on any atom is 0.231 e. The molecule has 1 heterocycles. The normalized spacial score (nSPS) is 13.0. The number of hydrogen-bond donors (Lipinski definition) is 0. The first kappa shape index (κ1) is 12.5. The van der Waals surface area contributed by atoms with Crippen molar-refractivity contribution in [1.82, 2.24) is 0 Å². The number of fused-ring (bicyclic) bond motifs is 1. The molecule has 0 saturated carbocycles. The molecule has 0 amide bonds. The third-order valence-electron chi connectivity index (χ3n) is 2.30. The third-order valence-corrected chi connectivity index (χ3v) is 2.45. The summed E-state index contributed by atoms with van der Waals surface area (Å²) in [6, 6.07) is 5.79. The molecule has 94 valence electrons. The van der Waals surface area contributed by atoms with Gasteiger partial charge in [-0.1, -0.05) is 6.07 Å². The molecule has 0 bridgehead atoms. The lowest BCUT2D eigenvalue weighted by atomic mass is 10.2. The molecule has 2 rings (SSSR count). The Kier molecular flexibility index (Phi) is 4.91. The van der Waals surface area contributed by atoms with E-state index in [0.717, 1.165) is 17.1 Å². The molecule has 4 nitrogen and oxygen atoms in total. The predicted octanol–water partition coefficient (Wildman–Crippen LogP) is 2.19. The van der Waals surface area contributed by atoms with Gasteiger partial charge in [0.15, 0.2) is 11.5 Å². The van der Waals surface area contributed by atoms with Crippen LogP contribution in [0.2, 0.25) is 0 Å². The minimum absolute atomic E-state index is 0.298. The van der Waals surface area contributed by atoms with E-state index in [0.29, 0.717) is 39.1 Å². The number of benzene rings is 1. The highest BCUT2D eigenvalue weighted by atomic mass is 35.5. The van der Waals surface area contributed by atoms with E-state index >= 15 is 0 Å². The number of halogens is 1. The topological polar surface area (TPSA) is 36.9 Å². The van der Waals surface area contributed by atoms with Crippen molar-refractivity contribution in [2.45, 2.75) is 6.61 Å². The van der Waals surface area contributed by atoms with Crippen molar-refractivity contribution in [3.05, 3.63) is 23.8 Å². The summed E-state index contributed by atoms with van der Waals surface area (Å²) in [5.41, 5.74) is 1.06. The second kappa shape index (κ2) is 6.69. The lowest BCUT2D eigenvalue weighted by Crippen LogP contribution is -2.05. The summed E-state index contributed by atoms with van der Waals surface area (Å²) in [5, 5.41) is 0. The lowest BCUT2D eigenvalue weighted by molar-refractivity contribution is 0.0459. The second-order valence-electron chi connectivity index (χ2n) is 3.54. The van der Waals surface area contributed by atoms with Crippen molar-refractivity contribution in [2.75, 3.05) is 32.5 Å². The molecule has 0 saturated heterocycles. The second-order valence-corrected chi connectivity index (χ2v) is 3.92. The van der Waals surface area contributed by atoms with Crippen molar-refractivity contribution in [3.63, 3.8) is 0 Å². The van der Waals surface area contributed by atoms with Crippen molar-refractivity contribution in [3.8, 4) is 11.5 Å². The average Bonchev–Trinajstić information content (AvgIpc) is 2.81. The summed E-state index contributed by atoms with van der Waals surface area (Å²) >= 11 is 5.47. The van der Waals surface area contributed by atoms with Crippen molar-refractivity contribution >= 4 is 11.6 Å². The molecule has 0 fully saturated rings. The molecule has 0 N–H and O–H groups in total. The molecule has 1 aliphatic rings. The number of alkyl halides is 1. The van der Waals surface area contributed by atoms with E-state index in [-0.39, 0.29) is 0 Å². The fraction of sp³-hybridized carbons (Fsp3) is 0.500. The average molecular weight is 259 g/mol. The van der Waals surface area contributed by atoms with Crippen LogP contribution in [-0.2, 0) is 16.1 Å². The lowest BCUT2D eigenvalue weighted by Gasteiger charge is -2.05. The smallest absolute Gasteiger partial charge is 0.231 e. The first-order valence-corrected chi connectivity index (χ1v) is 6.03. The summed E-state index contributed by atoms with van der Waals surface area (Å²) in [5.74, 6) is 2.09. The predicted molar refractivity (Wildman–Crippen MR) is 63.8 cm³/mol. The van der Waals surface area contributed by atoms with E-state index in [2.05, 4.69) is 0 Å². The molecule has 0 spiro atoms. The Morgan fingerprint density at radius 1 is 1.06 bits per heavy atom. The van der Waals surface area contributed by atoms with Gasteiger partial charge in [-0.3, -0.25) is 0 Å². The zero-order valence-corrected chi connectivity index (χ0v) is 10.2. The summed E-state index contributed by atoms with van der Waals surface area (Å²) in [4.78, 5) is 0. The van der Waals surface area contributed by atoms with Crippen LogP contribution in [0.1, 0.15) is 5.56 Å². The molecule has 0 unspecified atom stereocenters. The Bertz CT molecular complexity index is 356. The van der Waals surface area contributed by atoms with Gasteiger partial charge in [-0.25, -0.2) is 0 Å². The molecule has 1 aromatic carbocycles. The quantitative estimate of drug-likeness (QED) is 0.555. The maximum atomic E-state index is 5.47. The van der Waals surface area contributed by atoms with Crippen LogP contribution in [0, 0.1) is 0 Å². The van der Waals surface area contributed by atoms with E-state index in [1.54, 1.807) is 0 Å². The number of ether oxygens (including phenoxy) is 4. The summed E-state index contributed by atoms with van der Waals surface area (Å²) in [6.07, 6.45) is 0. The van der Waals surface area contributed by atoms with Gasteiger partial charge < -0.3 is 18.9 Å². The van der Waals surface area contributed by atoms with E-state index in [9.17, 15) is 0 Å². The van der Waals surface area contributed by atoms with Crippen LogP contribution < -0.4 is 9.47 Å². The molecule has 0 aromatic heterocycles. The van der Waals surface area contributed by atoms with Gasteiger partial charge in [0.1, 0.15) is 0 Å². The van der Waals surface area contributed by atoms with Gasteiger partial charge >= 0.3 is 0 Å². The van der Waals surface area contributed by atoms with E-state index < -0.39 is 0 Å². The number of rotatable bonds is 7. The monoisotopic (exact) mass is 258 g/mol. The van der Waals surface area contributed by atoms with Crippen LogP contribution in [0.4, 0.5) is 0 Å². The Morgan fingerprint density at radius 3 is 2.76 bits per heavy atom. The van der Waals surface area contributed by atoms with Crippen LogP contribution in [0.15, 0.2) is 18.2 Å². The molecule has 17 heavy (non-hydrogen) atoms. The maximum absolute atomic E-state index is 5.47. The number of hydrogen-bond acceptors (Lipinski definition) is 4. The first-order chi connectivity index (χ1) is 8.40. The van der Waals surface area contributed by atoms with Crippen LogP contribution in [0.3, 0.4) is 0 Å². The summed E-state index contributed by atoms with van der Waals surface area (Å²) < 4.78 is 21.2. The van der Waals surface area contributed by atoms with Crippen LogP contribution >= 0.6 is 11.6 Å². The SMILES string of the molecule is ClCCOCCOCc1ccc2c(c1)OCO2. The van der Waals surface area contributed by atoms with Gasteiger partial charge in [-0.15, -0.1) is 11.6 Å². The minimum Gasteiger partial charge on any atom is -0.454 e. The highest BCUT2D eigenvalue weighted by Gasteiger charge is 2.12. The summed E-state index contributed by atoms with van der Waals surface area (Å²) in [7, 11) is 0. The van der Waals surface area contributed by atoms with E-state index in [1.807, 2.05) is 18.2 Å². The molecule has 5 heteroatoms. The first-order valence-electron chi connectivity index (χ1n) is 5.50. The minimum atomic E-state index is 0.298. The summed E-state index contributed by atoms with van der Waals surface area (Å²) in [6.45, 7) is 2.53. The van der Waals surface area contributed by atoms with Crippen LogP contribution in [0.25, 0.3) is 0 Å². The Hall–Kier alpha value is -0.970. The van der Waals surface area contributed by atoms with Gasteiger partial charge in [0.25, 0.3) is 0 Å². The molecular formula is C12H15ClO4. The van der Waals surface area contributed by atoms with Gasteiger partial charge in [-0.05, 0) is 17.7 Å². The molecule has 1 aliphatic heterocycles.